The molecule has 0 saturated heterocycles. The van der Waals surface area contributed by atoms with Crippen molar-refractivity contribution < 1.29 is 14.3 Å². The minimum absolute atomic E-state index is 0.0799. The summed E-state index contributed by atoms with van der Waals surface area (Å²) in [6.45, 7) is 0.0253. The van der Waals surface area contributed by atoms with Gasteiger partial charge in [0.25, 0.3) is 5.91 Å². The molecule has 1 saturated carbocycles. The van der Waals surface area contributed by atoms with Crippen LogP contribution < -0.4 is 10.7 Å². The van der Waals surface area contributed by atoms with Gasteiger partial charge < -0.3 is 10.1 Å². The van der Waals surface area contributed by atoms with Crippen molar-refractivity contribution in [3.8, 4) is 0 Å². The number of amides is 1. The predicted molar refractivity (Wildman–Crippen MR) is 96.6 cm³/mol. The van der Waals surface area contributed by atoms with Gasteiger partial charge in [-0.15, -0.1) is 0 Å². The Labute approximate surface area is 151 Å². The van der Waals surface area contributed by atoms with Crippen LogP contribution in [0.2, 0.25) is 0 Å². The van der Waals surface area contributed by atoms with Gasteiger partial charge in [-0.2, -0.15) is 5.10 Å². The number of nitrogens with zero attached hydrogens (tertiary/aromatic N) is 2. The molecule has 1 heterocycles. The number of fused-ring (bicyclic) bond motifs is 1. The smallest absolute Gasteiger partial charge is 0.308 e. The highest BCUT2D eigenvalue weighted by Gasteiger charge is 2.16. The first-order valence-corrected chi connectivity index (χ1v) is 9.03. The molecular weight excluding hydrogens is 334 g/mol. The third kappa shape index (κ3) is 4.68. The van der Waals surface area contributed by atoms with Crippen molar-refractivity contribution in [2.45, 2.75) is 51.1 Å². The Morgan fingerprint density at radius 3 is 2.77 bits per heavy atom. The topological polar surface area (TPSA) is 90.3 Å². The van der Waals surface area contributed by atoms with Crippen LogP contribution in [0, 0.1) is 0 Å². The zero-order chi connectivity index (χ0) is 18.4. The van der Waals surface area contributed by atoms with Crippen molar-refractivity contribution in [1.29, 1.82) is 0 Å². The molecule has 138 valence electrons. The summed E-state index contributed by atoms with van der Waals surface area (Å²) in [6.07, 6.45) is 6.78. The van der Waals surface area contributed by atoms with E-state index in [2.05, 4.69) is 10.4 Å². The summed E-state index contributed by atoms with van der Waals surface area (Å²) in [4.78, 5) is 35.6. The first-order chi connectivity index (χ1) is 12.6. The second-order valence-corrected chi connectivity index (χ2v) is 6.56. The van der Waals surface area contributed by atoms with E-state index in [1.807, 2.05) is 6.07 Å². The molecule has 0 atom stereocenters. The first kappa shape index (κ1) is 18.1. The molecule has 3 rings (SSSR count). The monoisotopic (exact) mass is 357 g/mol. The number of hydrogen-bond donors (Lipinski definition) is 1. The lowest BCUT2D eigenvalue weighted by molar-refractivity contribution is -0.149. The quantitative estimate of drug-likeness (QED) is 0.796. The molecule has 0 unspecified atom stereocenters. The number of esters is 1. The minimum Gasteiger partial charge on any atom is -0.456 e. The van der Waals surface area contributed by atoms with Gasteiger partial charge in [0.15, 0.2) is 6.61 Å². The van der Waals surface area contributed by atoms with Crippen molar-refractivity contribution in [2.75, 3.05) is 6.61 Å². The molecule has 0 bridgehead atoms. The molecule has 1 aromatic heterocycles. The number of rotatable bonds is 6. The fourth-order valence-corrected chi connectivity index (χ4v) is 3.27. The van der Waals surface area contributed by atoms with Gasteiger partial charge in [-0.3, -0.25) is 19.1 Å². The van der Waals surface area contributed by atoms with Gasteiger partial charge in [0.2, 0.25) is 5.43 Å². The number of para-hydroxylation sites is 1. The number of benzene rings is 1. The lowest BCUT2D eigenvalue weighted by Gasteiger charge is -2.22. The molecule has 1 fully saturated rings. The molecule has 1 aliphatic rings. The highest BCUT2D eigenvalue weighted by atomic mass is 16.5. The van der Waals surface area contributed by atoms with Crippen molar-refractivity contribution in [3.63, 3.8) is 0 Å². The molecule has 1 amide bonds. The molecule has 7 nitrogen and oxygen atoms in total. The van der Waals surface area contributed by atoms with Crippen LogP contribution in [0.25, 0.3) is 10.9 Å². The van der Waals surface area contributed by atoms with Crippen molar-refractivity contribution in [3.05, 3.63) is 40.7 Å². The SMILES string of the molecule is O=C(COC(=O)CCn1ncc(=O)c2ccccc21)NC1CCCCC1. The van der Waals surface area contributed by atoms with Crippen LogP contribution in [-0.2, 0) is 20.9 Å². The molecule has 1 aliphatic carbocycles. The second-order valence-electron chi connectivity index (χ2n) is 6.56. The van der Waals surface area contributed by atoms with Gasteiger partial charge >= 0.3 is 5.97 Å². The molecule has 0 radical (unpaired) electrons. The average Bonchev–Trinajstić information content (AvgIpc) is 2.67. The molecular formula is C19H23N3O4. The number of ether oxygens (including phenoxy) is 1. The summed E-state index contributed by atoms with van der Waals surface area (Å²) >= 11 is 0. The minimum atomic E-state index is -0.464. The Hall–Kier alpha value is -2.70. The maximum absolute atomic E-state index is 11.9. The molecule has 1 N–H and O–H groups in total. The lowest BCUT2D eigenvalue weighted by atomic mass is 9.95. The third-order valence-corrected chi connectivity index (χ3v) is 4.62. The van der Waals surface area contributed by atoms with Crippen molar-refractivity contribution >= 4 is 22.8 Å². The van der Waals surface area contributed by atoms with Crippen LogP contribution in [0.3, 0.4) is 0 Å². The van der Waals surface area contributed by atoms with Crippen LogP contribution in [0.1, 0.15) is 38.5 Å². The van der Waals surface area contributed by atoms with Gasteiger partial charge in [-0.1, -0.05) is 31.4 Å². The van der Waals surface area contributed by atoms with E-state index in [4.69, 9.17) is 4.74 Å². The normalized spacial score (nSPS) is 14.9. The number of carbonyl (C=O) groups excluding carboxylic acids is 2. The number of carbonyl (C=O) groups is 2. The molecule has 2 aromatic rings. The fourth-order valence-electron chi connectivity index (χ4n) is 3.27. The van der Waals surface area contributed by atoms with Crippen LogP contribution in [0.15, 0.2) is 35.3 Å². The van der Waals surface area contributed by atoms with Gasteiger partial charge in [-0.05, 0) is 25.0 Å². The summed E-state index contributed by atoms with van der Waals surface area (Å²) in [6, 6.07) is 7.31. The van der Waals surface area contributed by atoms with E-state index in [1.165, 1.54) is 12.6 Å². The second kappa shape index (κ2) is 8.60. The summed E-state index contributed by atoms with van der Waals surface area (Å²) in [5, 5.41) is 7.54. The molecule has 1 aromatic carbocycles. The largest absolute Gasteiger partial charge is 0.456 e. The van der Waals surface area contributed by atoms with E-state index >= 15 is 0 Å². The summed E-state index contributed by atoms with van der Waals surface area (Å²) in [5.41, 5.74) is 0.515. The summed E-state index contributed by atoms with van der Waals surface area (Å²) in [7, 11) is 0. The van der Waals surface area contributed by atoms with E-state index in [9.17, 15) is 14.4 Å². The highest BCUT2D eigenvalue weighted by molar-refractivity contribution is 5.81. The Morgan fingerprint density at radius 2 is 1.96 bits per heavy atom. The lowest BCUT2D eigenvalue weighted by Crippen LogP contribution is -2.38. The average molecular weight is 357 g/mol. The molecule has 26 heavy (non-hydrogen) atoms. The van der Waals surface area contributed by atoms with E-state index < -0.39 is 5.97 Å². The fraction of sp³-hybridized carbons (Fsp3) is 0.474. The first-order valence-electron chi connectivity index (χ1n) is 9.03. The molecule has 0 spiro atoms. The van der Waals surface area contributed by atoms with Crippen LogP contribution in [0.4, 0.5) is 0 Å². The van der Waals surface area contributed by atoms with Crippen LogP contribution in [-0.4, -0.2) is 34.3 Å². The Morgan fingerprint density at radius 1 is 1.19 bits per heavy atom. The van der Waals surface area contributed by atoms with E-state index in [1.54, 1.807) is 22.9 Å². The molecule has 7 heteroatoms. The Kier molecular flexibility index (Phi) is 5.99. The van der Waals surface area contributed by atoms with Crippen molar-refractivity contribution in [2.24, 2.45) is 0 Å². The predicted octanol–water partition coefficient (Wildman–Crippen LogP) is 1.78. The number of aryl methyl sites for hydroxylation is 1. The number of nitrogens with one attached hydrogen (secondary N) is 1. The zero-order valence-electron chi connectivity index (χ0n) is 14.6. The van der Waals surface area contributed by atoms with Gasteiger partial charge in [0.05, 0.1) is 24.7 Å². The van der Waals surface area contributed by atoms with Crippen molar-refractivity contribution in [1.82, 2.24) is 15.1 Å². The van der Waals surface area contributed by atoms with Crippen LogP contribution in [0.5, 0.6) is 0 Å². The summed E-state index contributed by atoms with van der Waals surface area (Å²) < 4.78 is 6.65. The van der Waals surface area contributed by atoms with E-state index in [0.29, 0.717) is 10.9 Å². The van der Waals surface area contributed by atoms with Gasteiger partial charge in [0.1, 0.15) is 0 Å². The van der Waals surface area contributed by atoms with E-state index in [-0.39, 0.29) is 37.0 Å². The zero-order valence-corrected chi connectivity index (χ0v) is 14.6. The van der Waals surface area contributed by atoms with E-state index in [0.717, 1.165) is 25.7 Å². The highest BCUT2D eigenvalue weighted by Crippen LogP contribution is 2.17. The number of hydrogen-bond acceptors (Lipinski definition) is 5. The maximum Gasteiger partial charge on any atom is 0.308 e. The summed E-state index contributed by atoms with van der Waals surface area (Å²) in [5.74, 6) is -0.717. The van der Waals surface area contributed by atoms with Crippen LogP contribution >= 0.6 is 0 Å². The third-order valence-electron chi connectivity index (χ3n) is 4.62. The maximum atomic E-state index is 11.9. The Balaban J connectivity index is 1.48. The standard InChI is InChI=1S/C19H23N3O4/c23-17-12-20-22(16-9-5-4-8-15(16)17)11-10-19(25)26-13-18(24)21-14-6-2-1-3-7-14/h4-5,8-9,12,14H,1-3,6-7,10-11,13H2,(H,21,24). The van der Waals surface area contributed by atoms with Gasteiger partial charge in [0, 0.05) is 11.4 Å². The number of aromatic nitrogens is 2. The van der Waals surface area contributed by atoms with Gasteiger partial charge in [-0.25, -0.2) is 0 Å². The Bertz CT molecular complexity index is 840. The molecule has 0 aliphatic heterocycles.